The molecule has 0 spiro atoms. The van der Waals surface area contributed by atoms with Gasteiger partial charge < -0.3 is 5.32 Å². The van der Waals surface area contributed by atoms with E-state index in [1.165, 1.54) is 29.7 Å². The first-order chi connectivity index (χ1) is 9.26. The molecule has 3 heteroatoms. The van der Waals surface area contributed by atoms with Gasteiger partial charge in [-0.2, -0.15) is 0 Å². The molecule has 1 aromatic carbocycles. The topological polar surface area (TPSA) is 12.0 Å². The van der Waals surface area contributed by atoms with Crippen LogP contribution in [0.15, 0.2) is 42.5 Å². The van der Waals surface area contributed by atoms with Crippen molar-refractivity contribution in [3.63, 3.8) is 0 Å². The fraction of sp³-hybridized carbons (Fsp3) is 0.375. The summed E-state index contributed by atoms with van der Waals surface area (Å²) in [6.07, 6.45) is 3.81. The molecule has 1 heterocycles. The number of likely N-dealkylation sites (N-methyl/N-ethyl adjacent to an activating group) is 1. The summed E-state index contributed by atoms with van der Waals surface area (Å²) >= 11 is 7.80. The van der Waals surface area contributed by atoms with Crippen LogP contribution in [0.5, 0.6) is 0 Å². The Balaban J connectivity index is 2.01. The van der Waals surface area contributed by atoms with Crippen molar-refractivity contribution in [3.8, 4) is 0 Å². The summed E-state index contributed by atoms with van der Waals surface area (Å²) in [5.74, 6) is 0. The quantitative estimate of drug-likeness (QED) is 0.854. The van der Waals surface area contributed by atoms with Gasteiger partial charge in [0.25, 0.3) is 0 Å². The van der Waals surface area contributed by atoms with Crippen molar-refractivity contribution in [1.29, 1.82) is 0 Å². The zero-order valence-electron chi connectivity index (χ0n) is 11.0. The highest BCUT2D eigenvalue weighted by Crippen LogP contribution is 2.53. The van der Waals surface area contributed by atoms with E-state index in [4.69, 9.17) is 11.6 Å². The summed E-state index contributed by atoms with van der Waals surface area (Å²) in [7, 11) is 2.06. The maximum absolute atomic E-state index is 6.11. The Morgan fingerprint density at radius 1 is 1.16 bits per heavy atom. The highest BCUT2D eigenvalue weighted by molar-refractivity contribution is 7.16. The van der Waals surface area contributed by atoms with Crippen molar-refractivity contribution >= 4 is 22.9 Å². The molecule has 1 saturated carbocycles. The van der Waals surface area contributed by atoms with Crippen LogP contribution in [0, 0.1) is 0 Å². The number of hydrogen-bond acceptors (Lipinski definition) is 2. The first-order valence-electron chi connectivity index (χ1n) is 6.74. The molecule has 1 aliphatic rings. The Labute approximate surface area is 123 Å². The number of halogens is 1. The molecule has 3 rings (SSSR count). The predicted octanol–water partition coefficient (Wildman–Crippen LogP) is 4.78. The third-order valence-corrected chi connectivity index (χ3v) is 5.61. The molecule has 1 aliphatic carbocycles. The van der Waals surface area contributed by atoms with Crippen LogP contribution in [0.25, 0.3) is 0 Å². The molecule has 2 aromatic rings. The van der Waals surface area contributed by atoms with Gasteiger partial charge in [0.2, 0.25) is 0 Å². The van der Waals surface area contributed by atoms with Crippen molar-refractivity contribution in [2.45, 2.75) is 30.7 Å². The van der Waals surface area contributed by atoms with Gasteiger partial charge in [0, 0.05) is 10.3 Å². The molecular weight excluding hydrogens is 274 g/mol. The zero-order chi connectivity index (χ0) is 13.3. The standard InChI is InChI=1S/C16H18ClNS/c1-18-15(13-8-9-14(17)19-13)16(10-5-11-16)12-6-3-2-4-7-12/h2-4,6-9,15,18H,5,10-11H2,1H3. The molecule has 0 saturated heterocycles. The molecule has 0 bridgehead atoms. The summed E-state index contributed by atoms with van der Waals surface area (Å²) in [4.78, 5) is 1.34. The van der Waals surface area contributed by atoms with Crippen LogP contribution in [0.2, 0.25) is 4.34 Å². The van der Waals surface area contributed by atoms with Crippen LogP contribution in [0.4, 0.5) is 0 Å². The minimum Gasteiger partial charge on any atom is -0.312 e. The van der Waals surface area contributed by atoms with Crippen LogP contribution in [-0.4, -0.2) is 7.05 Å². The van der Waals surface area contributed by atoms with Crippen LogP contribution in [-0.2, 0) is 5.41 Å². The fourth-order valence-electron chi connectivity index (χ4n) is 3.25. The lowest BCUT2D eigenvalue weighted by Crippen LogP contribution is -2.45. The monoisotopic (exact) mass is 291 g/mol. The number of thiophene rings is 1. The number of rotatable bonds is 4. The molecule has 1 nitrogen and oxygen atoms in total. The van der Waals surface area contributed by atoms with Crippen LogP contribution in [0.3, 0.4) is 0 Å². The van der Waals surface area contributed by atoms with Gasteiger partial charge >= 0.3 is 0 Å². The van der Waals surface area contributed by atoms with E-state index in [2.05, 4.69) is 48.8 Å². The van der Waals surface area contributed by atoms with Crippen molar-refractivity contribution < 1.29 is 0 Å². The SMILES string of the molecule is CNC(c1ccc(Cl)s1)C1(c2ccccc2)CCC1. The normalized spacial score (nSPS) is 18.8. The second kappa shape index (κ2) is 5.28. The molecule has 19 heavy (non-hydrogen) atoms. The van der Waals surface area contributed by atoms with E-state index in [1.54, 1.807) is 11.3 Å². The van der Waals surface area contributed by atoms with Crippen molar-refractivity contribution in [1.82, 2.24) is 5.32 Å². The van der Waals surface area contributed by atoms with Gasteiger partial charge in [-0.1, -0.05) is 48.4 Å². The third-order valence-electron chi connectivity index (χ3n) is 4.31. The molecule has 1 fully saturated rings. The van der Waals surface area contributed by atoms with E-state index < -0.39 is 0 Å². The molecule has 100 valence electrons. The fourth-order valence-corrected chi connectivity index (χ4v) is 4.53. The second-order valence-corrected chi connectivity index (χ2v) is 6.99. The Morgan fingerprint density at radius 3 is 2.37 bits per heavy atom. The van der Waals surface area contributed by atoms with Crippen molar-refractivity contribution in [2.75, 3.05) is 7.05 Å². The molecule has 0 aliphatic heterocycles. The number of nitrogens with one attached hydrogen (secondary N) is 1. The first-order valence-corrected chi connectivity index (χ1v) is 7.94. The summed E-state index contributed by atoms with van der Waals surface area (Å²) < 4.78 is 0.873. The molecular formula is C16H18ClNS. The lowest BCUT2D eigenvalue weighted by molar-refractivity contribution is 0.178. The van der Waals surface area contributed by atoms with E-state index in [0.717, 1.165) is 4.34 Å². The van der Waals surface area contributed by atoms with E-state index in [-0.39, 0.29) is 5.41 Å². The molecule has 0 radical (unpaired) electrons. The van der Waals surface area contributed by atoms with Gasteiger partial charge in [-0.15, -0.1) is 11.3 Å². The minimum atomic E-state index is 0.240. The van der Waals surface area contributed by atoms with Gasteiger partial charge in [-0.3, -0.25) is 0 Å². The van der Waals surface area contributed by atoms with E-state index in [1.807, 2.05) is 6.07 Å². The van der Waals surface area contributed by atoms with Crippen LogP contribution < -0.4 is 5.32 Å². The number of benzene rings is 1. The molecule has 0 amide bonds. The lowest BCUT2D eigenvalue weighted by atomic mass is 9.60. The minimum absolute atomic E-state index is 0.240. The van der Waals surface area contributed by atoms with Gasteiger partial charge in [-0.05, 0) is 37.6 Å². The predicted molar refractivity (Wildman–Crippen MR) is 83.1 cm³/mol. The van der Waals surface area contributed by atoms with Gasteiger partial charge in [0.15, 0.2) is 0 Å². The molecule has 1 unspecified atom stereocenters. The molecule has 1 aromatic heterocycles. The van der Waals surface area contributed by atoms with Crippen LogP contribution in [0.1, 0.15) is 35.7 Å². The Kier molecular flexibility index (Phi) is 3.66. The van der Waals surface area contributed by atoms with Gasteiger partial charge in [-0.25, -0.2) is 0 Å². The smallest absolute Gasteiger partial charge is 0.0931 e. The van der Waals surface area contributed by atoms with Crippen LogP contribution >= 0.6 is 22.9 Å². The maximum atomic E-state index is 6.11. The zero-order valence-corrected chi connectivity index (χ0v) is 12.6. The third kappa shape index (κ3) is 2.22. The lowest BCUT2D eigenvalue weighted by Gasteiger charge is -2.48. The van der Waals surface area contributed by atoms with E-state index in [9.17, 15) is 0 Å². The first kappa shape index (κ1) is 13.2. The Morgan fingerprint density at radius 2 is 1.89 bits per heavy atom. The molecule has 1 atom stereocenters. The maximum Gasteiger partial charge on any atom is 0.0931 e. The Hall–Kier alpha value is -0.830. The van der Waals surface area contributed by atoms with Gasteiger partial charge in [0.05, 0.1) is 10.4 Å². The highest BCUT2D eigenvalue weighted by atomic mass is 35.5. The highest BCUT2D eigenvalue weighted by Gasteiger charge is 2.45. The summed E-state index contributed by atoms with van der Waals surface area (Å²) in [6.45, 7) is 0. The number of hydrogen-bond donors (Lipinski definition) is 1. The second-order valence-electron chi connectivity index (χ2n) is 5.24. The average molecular weight is 292 g/mol. The average Bonchev–Trinajstić information content (AvgIpc) is 2.81. The summed E-state index contributed by atoms with van der Waals surface area (Å²) in [5, 5.41) is 3.52. The van der Waals surface area contributed by atoms with E-state index in [0.29, 0.717) is 6.04 Å². The van der Waals surface area contributed by atoms with E-state index >= 15 is 0 Å². The summed E-state index contributed by atoms with van der Waals surface area (Å²) in [5.41, 5.74) is 1.69. The van der Waals surface area contributed by atoms with Crippen molar-refractivity contribution in [3.05, 3.63) is 57.2 Å². The summed E-state index contributed by atoms with van der Waals surface area (Å²) in [6, 6.07) is 15.4. The van der Waals surface area contributed by atoms with Gasteiger partial charge in [0.1, 0.15) is 0 Å². The largest absolute Gasteiger partial charge is 0.312 e. The Bertz CT molecular complexity index is 545. The molecule has 1 N–H and O–H groups in total. The van der Waals surface area contributed by atoms with Crippen molar-refractivity contribution in [2.24, 2.45) is 0 Å².